The molecule has 0 radical (unpaired) electrons. The van der Waals surface area contributed by atoms with Crippen LogP contribution < -0.4 is 11.1 Å². The van der Waals surface area contributed by atoms with Gasteiger partial charge in [-0.1, -0.05) is 6.92 Å². The molecule has 0 unspecified atom stereocenters. The zero-order valence-electron chi connectivity index (χ0n) is 11.8. The number of hydrogen-bond acceptors (Lipinski definition) is 6. The highest BCUT2D eigenvalue weighted by Crippen LogP contribution is 2.17. The SMILES string of the molecule is CCCc1nc(N)c(C)c(NCCCOCCO)n1. The molecule has 108 valence electrons. The van der Waals surface area contributed by atoms with E-state index in [9.17, 15) is 0 Å². The van der Waals surface area contributed by atoms with Gasteiger partial charge in [0.05, 0.1) is 13.2 Å². The lowest BCUT2D eigenvalue weighted by Crippen LogP contribution is -2.12. The van der Waals surface area contributed by atoms with Gasteiger partial charge in [-0.3, -0.25) is 0 Å². The molecule has 0 aliphatic rings. The van der Waals surface area contributed by atoms with E-state index in [1.165, 1.54) is 0 Å². The first-order chi connectivity index (χ1) is 9.19. The van der Waals surface area contributed by atoms with E-state index in [1.807, 2.05) is 6.92 Å². The lowest BCUT2D eigenvalue weighted by Gasteiger charge is -2.11. The fourth-order valence-electron chi connectivity index (χ4n) is 1.64. The average Bonchev–Trinajstić information content (AvgIpc) is 2.39. The largest absolute Gasteiger partial charge is 0.394 e. The molecule has 1 aromatic heterocycles. The smallest absolute Gasteiger partial charge is 0.134 e. The molecule has 6 heteroatoms. The van der Waals surface area contributed by atoms with Gasteiger partial charge in [0, 0.05) is 25.1 Å². The van der Waals surface area contributed by atoms with Crippen LogP contribution in [0.25, 0.3) is 0 Å². The Kier molecular flexibility index (Phi) is 7.14. The zero-order chi connectivity index (χ0) is 14.1. The Morgan fingerprint density at radius 2 is 2.11 bits per heavy atom. The van der Waals surface area contributed by atoms with E-state index in [-0.39, 0.29) is 6.61 Å². The predicted molar refractivity (Wildman–Crippen MR) is 76.2 cm³/mol. The molecule has 0 bridgehead atoms. The fourth-order valence-corrected chi connectivity index (χ4v) is 1.64. The van der Waals surface area contributed by atoms with E-state index < -0.39 is 0 Å². The number of nitrogens with two attached hydrogens (primary N) is 1. The number of nitrogen functional groups attached to an aromatic ring is 1. The summed E-state index contributed by atoms with van der Waals surface area (Å²) in [5.41, 5.74) is 6.76. The van der Waals surface area contributed by atoms with Crippen molar-refractivity contribution in [3.63, 3.8) is 0 Å². The van der Waals surface area contributed by atoms with Gasteiger partial charge in [-0.05, 0) is 19.8 Å². The van der Waals surface area contributed by atoms with Gasteiger partial charge in [0.2, 0.25) is 0 Å². The van der Waals surface area contributed by atoms with Crippen molar-refractivity contribution in [1.29, 1.82) is 0 Å². The lowest BCUT2D eigenvalue weighted by molar-refractivity contribution is 0.0922. The highest BCUT2D eigenvalue weighted by Gasteiger charge is 2.07. The summed E-state index contributed by atoms with van der Waals surface area (Å²) in [6.45, 7) is 5.83. The Hall–Kier alpha value is -1.40. The number of anilines is 2. The number of aryl methyl sites for hydroxylation is 1. The molecular weight excluding hydrogens is 244 g/mol. The van der Waals surface area contributed by atoms with E-state index >= 15 is 0 Å². The molecule has 0 aliphatic heterocycles. The van der Waals surface area contributed by atoms with E-state index in [0.717, 1.165) is 43.0 Å². The first kappa shape index (κ1) is 15.7. The zero-order valence-corrected chi connectivity index (χ0v) is 11.8. The van der Waals surface area contributed by atoms with Gasteiger partial charge in [0.1, 0.15) is 17.5 Å². The Morgan fingerprint density at radius 3 is 2.79 bits per heavy atom. The van der Waals surface area contributed by atoms with Crippen molar-refractivity contribution in [2.75, 3.05) is 37.4 Å². The van der Waals surface area contributed by atoms with Crippen LogP contribution in [0, 0.1) is 6.92 Å². The van der Waals surface area contributed by atoms with Crippen molar-refractivity contribution < 1.29 is 9.84 Å². The number of ether oxygens (including phenoxy) is 1. The molecule has 0 fully saturated rings. The monoisotopic (exact) mass is 268 g/mol. The summed E-state index contributed by atoms with van der Waals surface area (Å²) in [5, 5.41) is 11.8. The maximum absolute atomic E-state index is 8.58. The van der Waals surface area contributed by atoms with Crippen LogP contribution in [0.3, 0.4) is 0 Å². The third kappa shape index (κ3) is 5.40. The van der Waals surface area contributed by atoms with Crippen molar-refractivity contribution in [3.8, 4) is 0 Å². The van der Waals surface area contributed by atoms with Crippen LogP contribution in [0.4, 0.5) is 11.6 Å². The lowest BCUT2D eigenvalue weighted by atomic mass is 10.2. The molecule has 1 rings (SSSR count). The summed E-state index contributed by atoms with van der Waals surface area (Å²) >= 11 is 0. The topological polar surface area (TPSA) is 93.3 Å². The van der Waals surface area contributed by atoms with Gasteiger partial charge < -0.3 is 20.9 Å². The number of hydrogen-bond donors (Lipinski definition) is 3. The minimum absolute atomic E-state index is 0.0648. The molecular formula is C13H24N4O2. The van der Waals surface area contributed by atoms with Crippen LogP contribution in [0.15, 0.2) is 0 Å². The number of nitrogens with one attached hydrogen (secondary N) is 1. The fraction of sp³-hybridized carbons (Fsp3) is 0.692. The Labute approximate surface area is 114 Å². The molecule has 0 aromatic carbocycles. The number of aromatic nitrogens is 2. The van der Waals surface area contributed by atoms with Crippen LogP contribution >= 0.6 is 0 Å². The molecule has 19 heavy (non-hydrogen) atoms. The molecule has 0 saturated heterocycles. The first-order valence-electron chi connectivity index (χ1n) is 6.74. The van der Waals surface area contributed by atoms with Crippen molar-refractivity contribution in [2.24, 2.45) is 0 Å². The Balaban J connectivity index is 2.47. The minimum atomic E-state index is 0.0648. The molecule has 0 amide bonds. The molecule has 1 heterocycles. The second kappa shape index (κ2) is 8.66. The number of aliphatic hydroxyl groups excluding tert-OH is 1. The molecule has 6 nitrogen and oxygen atoms in total. The number of rotatable bonds is 9. The first-order valence-corrected chi connectivity index (χ1v) is 6.74. The summed E-state index contributed by atoms with van der Waals surface area (Å²) in [7, 11) is 0. The van der Waals surface area contributed by atoms with Gasteiger partial charge in [0.15, 0.2) is 0 Å². The second-order valence-electron chi connectivity index (χ2n) is 4.36. The molecule has 4 N–H and O–H groups in total. The number of aliphatic hydroxyl groups is 1. The standard InChI is InChI=1S/C13H24N4O2/c1-3-5-11-16-12(14)10(2)13(17-11)15-6-4-8-19-9-7-18/h18H,3-9H2,1-2H3,(H3,14,15,16,17). The van der Waals surface area contributed by atoms with Gasteiger partial charge >= 0.3 is 0 Å². The molecule has 0 aliphatic carbocycles. The highest BCUT2D eigenvalue weighted by molar-refractivity contribution is 5.54. The summed E-state index contributed by atoms with van der Waals surface area (Å²) in [6.07, 6.45) is 2.68. The molecule has 0 saturated carbocycles. The Morgan fingerprint density at radius 1 is 1.32 bits per heavy atom. The quantitative estimate of drug-likeness (QED) is 0.581. The molecule has 1 aromatic rings. The van der Waals surface area contributed by atoms with Gasteiger partial charge in [0.25, 0.3) is 0 Å². The average molecular weight is 268 g/mol. The highest BCUT2D eigenvalue weighted by atomic mass is 16.5. The van der Waals surface area contributed by atoms with E-state index in [0.29, 0.717) is 19.0 Å². The van der Waals surface area contributed by atoms with Crippen LogP contribution in [0.5, 0.6) is 0 Å². The van der Waals surface area contributed by atoms with Gasteiger partial charge in [-0.25, -0.2) is 9.97 Å². The summed E-state index contributed by atoms with van der Waals surface area (Å²) in [4.78, 5) is 8.74. The van der Waals surface area contributed by atoms with E-state index in [4.69, 9.17) is 15.6 Å². The third-order valence-electron chi connectivity index (χ3n) is 2.70. The van der Waals surface area contributed by atoms with Crippen molar-refractivity contribution in [1.82, 2.24) is 9.97 Å². The third-order valence-corrected chi connectivity index (χ3v) is 2.70. The van der Waals surface area contributed by atoms with E-state index in [2.05, 4.69) is 22.2 Å². The Bertz CT molecular complexity index is 385. The summed E-state index contributed by atoms with van der Waals surface area (Å²) < 4.78 is 5.19. The predicted octanol–water partition coefficient (Wildman–Crippen LogP) is 1.13. The second-order valence-corrected chi connectivity index (χ2v) is 4.36. The van der Waals surface area contributed by atoms with Crippen molar-refractivity contribution in [3.05, 3.63) is 11.4 Å². The number of nitrogens with zero attached hydrogens (tertiary/aromatic N) is 2. The summed E-state index contributed by atoms with van der Waals surface area (Å²) in [5.74, 6) is 2.13. The van der Waals surface area contributed by atoms with Crippen molar-refractivity contribution in [2.45, 2.75) is 33.1 Å². The minimum Gasteiger partial charge on any atom is -0.394 e. The van der Waals surface area contributed by atoms with E-state index in [1.54, 1.807) is 0 Å². The molecule has 0 atom stereocenters. The maximum Gasteiger partial charge on any atom is 0.134 e. The van der Waals surface area contributed by atoms with Gasteiger partial charge in [-0.15, -0.1) is 0 Å². The normalized spacial score (nSPS) is 10.7. The molecule has 0 spiro atoms. The van der Waals surface area contributed by atoms with Gasteiger partial charge in [-0.2, -0.15) is 0 Å². The van der Waals surface area contributed by atoms with Crippen LogP contribution in [-0.2, 0) is 11.2 Å². The summed E-state index contributed by atoms with van der Waals surface area (Å²) in [6, 6.07) is 0. The van der Waals surface area contributed by atoms with Crippen LogP contribution in [0.2, 0.25) is 0 Å². The maximum atomic E-state index is 8.58. The van der Waals surface area contributed by atoms with Crippen LogP contribution in [-0.4, -0.2) is 41.4 Å². The van der Waals surface area contributed by atoms with Crippen molar-refractivity contribution >= 4 is 11.6 Å². The van der Waals surface area contributed by atoms with Crippen LogP contribution in [0.1, 0.15) is 31.2 Å².